The molecule has 0 bridgehead atoms. The lowest BCUT2D eigenvalue weighted by Crippen LogP contribution is -2.32. The van der Waals surface area contributed by atoms with Crippen LogP contribution < -0.4 is 5.32 Å². The second-order valence-corrected chi connectivity index (χ2v) is 5.55. The molecule has 6 heteroatoms. The van der Waals surface area contributed by atoms with Gasteiger partial charge in [0.25, 0.3) is 0 Å². The Balaban J connectivity index is 1.64. The third-order valence-corrected chi connectivity index (χ3v) is 4.15. The molecule has 1 amide bonds. The van der Waals surface area contributed by atoms with Gasteiger partial charge < -0.3 is 10.2 Å². The van der Waals surface area contributed by atoms with Crippen LogP contribution in [0.15, 0.2) is 10.7 Å². The maximum Gasteiger partial charge on any atom is 0.220 e. The van der Waals surface area contributed by atoms with Crippen LogP contribution in [0.1, 0.15) is 36.8 Å². The number of carbonyl (C=O) groups excluding carboxylic acids is 1. The highest BCUT2D eigenvalue weighted by molar-refractivity contribution is 7.09. The monoisotopic (exact) mass is 281 g/mol. The van der Waals surface area contributed by atoms with E-state index in [1.807, 2.05) is 12.4 Å². The van der Waals surface area contributed by atoms with E-state index in [1.165, 1.54) is 4.88 Å². The third kappa shape index (κ3) is 4.02. The summed E-state index contributed by atoms with van der Waals surface area (Å²) in [4.78, 5) is 22.3. The van der Waals surface area contributed by atoms with E-state index in [0.29, 0.717) is 13.0 Å². The van der Waals surface area contributed by atoms with Crippen LogP contribution in [0.2, 0.25) is 0 Å². The quantitative estimate of drug-likeness (QED) is 0.868. The Morgan fingerprint density at radius 2 is 2.47 bits per heavy atom. The molecule has 1 aliphatic heterocycles. The highest BCUT2D eigenvalue weighted by atomic mass is 32.1. The fraction of sp³-hybridized carbons (Fsp3) is 0.615. The summed E-state index contributed by atoms with van der Waals surface area (Å²) in [5, 5.41) is 6.87. The van der Waals surface area contributed by atoms with Crippen molar-refractivity contribution < 1.29 is 9.63 Å². The minimum atomic E-state index is 0.00374. The summed E-state index contributed by atoms with van der Waals surface area (Å²) in [5.74, 6) is 0.0568. The van der Waals surface area contributed by atoms with Gasteiger partial charge in [-0.05, 0) is 19.8 Å². The van der Waals surface area contributed by atoms with Gasteiger partial charge in [0.15, 0.2) is 0 Å². The Hall–Kier alpha value is -1.43. The molecule has 2 rings (SSSR count). The van der Waals surface area contributed by atoms with E-state index in [2.05, 4.69) is 22.4 Å². The number of nitrogens with zero attached hydrogens (tertiary/aromatic N) is 2. The van der Waals surface area contributed by atoms with Crippen LogP contribution in [0, 0.1) is 6.92 Å². The van der Waals surface area contributed by atoms with Crippen molar-refractivity contribution in [3.63, 3.8) is 0 Å². The largest absolute Gasteiger partial charge is 0.390 e. The van der Waals surface area contributed by atoms with Gasteiger partial charge >= 0.3 is 0 Å². The van der Waals surface area contributed by atoms with E-state index < -0.39 is 0 Å². The molecule has 5 nitrogen and oxygen atoms in total. The van der Waals surface area contributed by atoms with E-state index in [-0.39, 0.29) is 12.0 Å². The van der Waals surface area contributed by atoms with E-state index >= 15 is 0 Å². The molecular formula is C13H19N3O2S. The average molecular weight is 281 g/mol. The number of aryl methyl sites for hydroxylation is 2. The maximum absolute atomic E-state index is 11.7. The molecule has 0 fully saturated rings. The van der Waals surface area contributed by atoms with Gasteiger partial charge in [0.1, 0.15) is 6.10 Å². The van der Waals surface area contributed by atoms with E-state index in [0.717, 1.165) is 30.7 Å². The van der Waals surface area contributed by atoms with Crippen molar-refractivity contribution in [3.8, 4) is 0 Å². The zero-order valence-corrected chi connectivity index (χ0v) is 12.1. The van der Waals surface area contributed by atoms with Crippen molar-refractivity contribution in [2.75, 3.05) is 6.54 Å². The van der Waals surface area contributed by atoms with Crippen molar-refractivity contribution in [1.82, 2.24) is 10.3 Å². The molecular weight excluding hydrogens is 262 g/mol. The molecule has 0 saturated carbocycles. The fourth-order valence-corrected chi connectivity index (χ4v) is 2.70. The van der Waals surface area contributed by atoms with E-state index in [1.54, 1.807) is 11.3 Å². The molecule has 0 spiro atoms. The Labute approximate surface area is 117 Å². The van der Waals surface area contributed by atoms with Gasteiger partial charge in [-0.15, -0.1) is 11.3 Å². The molecule has 19 heavy (non-hydrogen) atoms. The molecule has 0 unspecified atom stereocenters. The molecule has 2 heterocycles. The lowest BCUT2D eigenvalue weighted by Gasteiger charge is -2.09. The minimum Gasteiger partial charge on any atom is -0.390 e. The molecule has 0 aromatic carbocycles. The summed E-state index contributed by atoms with van der Waals surface area (Å²) in [6.07, 6.45) is 2.99. The molecule has 0 saturated heterocycles. The highest BCUT2D eigenvalue weighted by Crippen LogP contribution is 2.14. The number of hydrogen-bond donors (Lipinski definition) is 1. The minimum absolute atomic E-state index is 0.00374. The van der Waals surface area contributed by atoms with Crippen molar-refractivity contribution in [2.45, 2.75) is 45.6 Å². The highest BCUT2D eigenvalue weighted by Gasteiger charge is 2.20. The standard InChI is InChI=1S/C13H19N3O2S/c1-3-10-6-11(18-16-10)7-14-13(17)5-4-12-9(2)15-8-19-12/h8,11H,3-7H2,1-2H3,(H,14,17)/t11-/m1/s1. The van der Waals surface area contributed by atoms with Gasteiger partial charge in [-0.2, -0.15) is 0 Å². The van der Waals surface area contributed by atoms with Gasteiger partial charge in [0.2, 0.25) is 5.91 Å². The lowest BCUT2D eigenvalue weighted by molar-refractivity contribution is -0.121. The normalized spacial score (nSPS) is 18.0. The topological polar surface area (TPSA) is 63.6 Å². The van der Waals surface area contributed by atoms with Gasteiger partial charge in [0.05, 0.1) is 23.5 Å². The van der Waals surface area contributed by atoms with Gasteiger partial charge in [-0.1, -0.05) is 12.1 Å². The molecule has 0 aliphatic carbocycles. The van der Waals surface area contributed by atoms with Crippen LogP contribution in [0.25, 0.3) is 0 Å². The number of carbonyl (C=O) groups is 1. The molecule has 1 aromatic heterocycles. The van der Waals surface area contributed by atoms with Crippen molar-refractivity contribution in [1.29, 1.82) is 0 Å². The second-order valence-electron chi connectivity index (χ2n) is 4.61. The molecule has 1 N–H and O–H groups in total. The first-order valence-electron chi connectivity index (χ1n) is 6.56. The fourth-order valence-electron chi connectivity index (χ4n) is 1.91. The zero-order valence-electron chi connectivity index (χ0n) is 11.3. The van der Waals surface area contributed by atoms with Crippen LogP contribution in [0.4, 0.5) is 0 Å². The number of oxime groups is 1. The summed E-state index contributed by atoms with van der Waals surface area (Å²) in [6.45, 7) is 4.56. The summed E-state index contributed by atoms with van der Waals surface area (Å²) in [6, 6.07) is 0. The first kappa shape index (κ1) is 14.0. The first-order valence-corrected chi connectivity index (χ1v) is 7.44. The van der Waals surface area contributed by atoms with Crippen LogP contribution in [0.3, 0.4) is 0 Å². The maximum atomic E-state index is 11.7. The summed E-state index contributed by atoms with van der Waals surface area (Å²) in [5.41, 5.74) is 3.91. The number of aromatic nitrogens is 1. The van der Waals surface area contributed by atoms with Crippen molar-refractivity contribution >= 4 is 23.0 Å². The van der Waals surface area contributed by atoms with Gasteiger partial charge in [0, 0.05) is 17.7 Å². The van der Waals surface area contributed by atoms with Crippen LogP contribution >= 0.6 is 11.3 Å². The number of thiazole rings is 1. The Bertz CT molecular complexity index is 470. The third-order valence-electron chi connectivity index (χ3n) is 3.15. The Morgan fingerprint density at radius 1 is 1.63 bits per heavy atom. The number of hydrogen-bond acceptors (Lipinski definition) is 5. The van der Waals surface area contributed by atoms with Crippen molar-refractivity contribution in [2.24, 2.45) is 5.16 Å². The SMILES string of the molecule is CCC1=NO[C@@H](CNC(=O)CCc2scnc2C)C1. The van der Waals surface area contributed by atoms with Gasteiger partial charge in [-0.25, -0.2) is 4.98 Å². The van der Waals surface area contributed by atoms with Crippen molar-refractivity contribution in [3.05, 3.63) is 16.1 Å². The summed E-state index contributed by atoms with van der Waals surface area (Å²) in [7, 11) is 0. The Kier molecular flexibility index (Phi) is 4.90. The molecule has 1 aromatic rings. The Morgan fingerprint density at radius 3 is 3.11 bits per heavy atom. The summed E-state index contributed by atoms with van der Waals surface area (Å²) >= 11 is 1.60. The molecule has 1 aliphatic rings. The van der Waals surface area contributed by atoms with E-state index in [9.17, 15) is 4.79 Å². The average Bonchev–Trinajstić information content (AvgIpc) is 3.02. The molecule has 1 atom stereocenters. The smallest absolute Gasteiger partial charge is 0.220 e. The summed E-state index contributed by atoms with van der Waals surface area (Å²) < 4.78 is 0. The van der Waals surface area contributed by atoms with Gasteiger partial charge in [-0.3, -0.25) is 4.79 Å². The predicted molar refractivity (Wildman–Crippen MR) is 75.4 cm³/mol. The zero-order chi connectivity index (χ0) is 13.7. The van der Waals surface area contributed by atoms with Crippen LogP contribution in [-0.2, 0) is 16.1 Å². The number of amides is 1. The molecule has 0 radical (unpaired) electrons. The van der Waals surface area contributed by atoms with E-state index in [4.69, 9.17) is 4.84 Å². The lowest BCUT2D eigenvalue weighted by atomic mass is 10.1. The first-order chi connectivity index (χ1) is 9.19. The second kappa shape index (κ2) is 6.65. The molecule has 104 valence electrons. The van der Waals surface area contributed by atoms with Crippen LogP contribution in [0.5, 0.6) is 0 Å². The number of rotatable bonds is 6. The predicted octanol–water partition coefficient (Wildman–Crippen LogP) is 2.06. The van der Waals surface area contributed by atoms with Crippen LogP contribution in [-0.4, -0.2) is 29.3 Å². The number of nitrogens with one attached hydrogen (secondary N) is 1.